The van der Waals surface area contributed by atoms with Crippen LogP contribution in [0.15, 0.2) is 6.07 Å². The van der Waals surface area contributed by atoms with Gasteiger partial charge < -0.3 is 10.6 Å². The normalized spacial score (nSPS) is 13.2. The summed E-state index contributed by atoms with van der Waals surface area (Å²) in [5.74, 6) is 0. The Balaban J connectivity index is 3.21. The van der Waals surface area contributed by atoms with Crippen LogP contribution < -0.4 is 5.73 Å². The molecule has 0 bridgehead atoms. The standard InChI is InChI=1S/C14H24N2/c1-9-7-10(2)12(4)14(11(9)3)13(15)8-16(5)6/h7,13H,8,15H2,1-6H3. The van der Waals surface area contributed by atoms with E-state index in [0.717, 1.165) is 6.54 Å². The van der Waals surface area contributed by atoms with Crippen molar-refractivity contribution in [2.75, 3.05) is 20.6 Å². The lowest BCUT2D eigenvalue weighted by Gasteiger charge is -2.23. The first-order chi connectivity index (χ1) is 7.34. The van der Waals surface area contributed by atoms with Gasteiger partial charge in [0, 0.05) is 12.6 Å². The number of aryl methyl sites for hydroxylation is 2. The molecule has 90 valence electrons. The third kappa shape index (κ3) is 2.63. The van der Waals surface area contributed by atoms with Gasteiger partial charge in [-0.25, -0.2) is 0 Å². The van der Waals surface area contributed by atoms with Crippen LogP contribution in [0.4, 0.5) is 0 Å². The zero-order chi connectivity index (χ0) is 12.5. The van der Waals surface area contributed by atoms with Gasteiger partial charge in [0.1, 0.15) is 0 Å². The molecule has 0 spiro atoms. The molecule has 1 aromatic carbocycles. The zero-order valence-corrected chi connectivity index (χ0v) is 11.4. The molecule has 0 aromatic heterocycles. The van der Waals surface area contributed by atoms with Crippen LogP contribution in [0, 0.1) is 27.7 Å². The highest BCUT2D eigenvalue weighted by Gasteiger charge is 2.15. The predicted octanol–water partition coefficient (Wildman–Crippen LogP) is 2.48. The second-order valence-corrected chi connectivity index (χ2v) is 5.04. The Bertz CT molecular complexity index is 355. The Kier molecular flexibility index (Phi) is 4.11. The van der Waals surface area contributed by atoms with E-state index in [1.54, 1.807) is 0 Å². The Hall–Kier alpha value is -0.860. The van der Waals surface area contributed by atoms with Gasteiger partial charge in [0.25, 0.3) is 0 Å². The van der Waals surface area contributed by atoms with Gasteiger partial charge in [-0.1, -0.05) is 6.07 Å². The number of rotatable bonds is 3. The van der Waals surface area contributed by atoms with E-state index in [0.29, 0.717) is 0 Å². The summed E-state index contributed by atoms with van der Waals surface area (Å²) in [6.45, 7) is 9.56. The number of nitrogens with zero attached hydrogens (tertiary/aromatic N) is 1. The molecular formula is C14H24N2. The summed E-state index contributed by atoms with van der Waals surface area (Å²) in [6, 6.07) is 2.35. The molecule has 1 rings (SSSR count). The first kappa shape index (κ1) is 13.2. The zero-order valence-electron chi connectivity index (χ0n) is 11.4. The highest BCUT2D eigenvalue weighted by molar-refractivity contribution is 5.45. The van der Waals surface area contributed by atoms with Crippen LogP contribution in [0.1, 0.15) is 33.9 Å². The number of nitrogens with two attached hydrogens (primary N) is 1. The number of likely N-dealkylation sites (N-methyl/N-ethyl adjacent to an activating group) is 1. The SMILES string of the molecule is Cc1cc(C)c(C)c(C(N)CN(C)C)c1C. The van der Waals surface area contributed by atoms with Crippen LogP contribution in [0.2, 0.25) is 0 Å². The number of hydrogen-bond donors (Lipinski definition) is 1. The van der Waals surface area contributed by atoms with Crippen molar-refractivity contribution in [2.24, 2.45) is 5.73 Å². The summed E-state index contributed by atoms with van der Waals surface area (Å²) in [5, 5.41) is 0. The van der Waals surface area contributed by atoms with Gasteiger partial charge >= 0.3 is 0 Å². The number of hydrogen-bond acceptors (Lipinski definition) is 2. The lowest BCUT2D eigenvalue weighted by molar-refractivity contribution is 0.375. The average molecular weight is 220 g/mol. The molecule has 2 heteroatoms. The van der Waals surface area contributed by atoms with Crippen molar-refractivity contribution >= 4 is 0 Å². The summed E-state index contributed by atoms with van der Waals surface area (Å²) >= 11 is 0. The van der Waals surface area contributed by atoms with Gasteiger partial charge in [-0.05, 0) is 69.6 Å². The second kappa shape index (κ2) is 4.98. The molecule has 0 aliphatic rings. The monoisotopic (exact) mass is 220 g/mol. The van der Waals surface area contributed by atoms with Crippen molar-refractivity contribution in [3.05, 3.63) is 33.9 Å². The topological polar surface area (TPSA) is 29.3 Å². The maximum Gasteiger partial charge on any atom is 0.0429 e. The molecule has 1 unspecified atom stereocenters. The third-order valence-corrected chi connectivity index (χ3v) is 3.36. The lowest BCUT2D eigenvalue weighted by Crippen LogP contribution is -2.27. The second-order valence-electron chi connectivity index (χ2n) is 5.04. The molecule has 2 N–H and O–H groups in total. The van der Waals surface area contributed by atoms with Crippen molar-refractivity contribution in [2.45, 2.75) is 33.7 Å². The van der Waals surface area contributed by atoms with Crippen LogP contribution in [-0.4, -0.2) is 25.5 Å². The number of benzene rings is 1. The van der Waals surface area contributed by atoms with E-state index in [1.165, 1.54) is 27.8 Å². The smallest absolute Gasteiger partial charge is 0.0429 e. The first-order valence-corrected chi connectivity index (χ1v) is 5.82. The maximum absolute atomic E-state index is 6.29. The van der Waals surface area contributed by atoms with Gasteiger partial charge in [0.05, 0.1) is 0 Å². The van der Waals surface area contributed by atoms with Crippen LogP contribution in [0.5, 0.6) is 0 Å². The van der Waals surface area contributed by atoms with Gasteiger partial charge in [0.15, 0.2) is 0 Å². The molecule has 0 saturated heterocycles. The minimum atomic E-state index is 0.105. The fourth-order valence-corrected chi connectivity index (χ4v) is 2.29. The summed E-state index contributed by atoms with van der Waals surface area (Å²) in [7, 11) is 4.13. The van der Waals surface area contributed by atoms with Gasteiger partial charge in [-0.2, -0.15) is 0 Å². The van der Waals surface area contributed by atoms with Crippen molar-refractivity contribution in [1.82, 2.24) is 4.90 Å². The molecule has 0 heterocycles. The van der Waals surface area contributed by atoms with Crippen LogP contribution >= 0.6 is 0 Å². The van der Waals surface area contributed by atoms with E-state index >= 15 is 0 Å². The van der Waals surface area contributed by atoms with Crippen molar-refractivity contribution in [3.63, 3.8) is 0 Å². The molecule has 1 atom stereocenters. The first-order valence-electron chi connectivity index (χ1n) is 5.82. The molecule has 0 fully saturated rings. The summed E-state index contributed by atoms with van der Waals surface area (Å²) < 4.78 is 0. The van der Waals surface area contributed by atoms with E-state index in [9.17, 15) is 0 Å². The minimum Gasteiger partial charge on any atom is -0.323 e. The van der Waals surface area contributed by atoms with Crippen LogP contribution in [0.25, 0.3) is 0 Å². The summed E-state index contributed by atoms with van der Waals surface area (Å²) in [4.78, 5) is 2.14. The maximum atomic E-state index is 6.29. The van der Waals surface area contributed by atoms with Gasteiger partial charge in [-0.3, -0.25) is 0 Å². The lowest BCUT2D eigenvalue weighted by atomic mass is 9.90. The summed E-state index contributed by atoms with van der Waals surface area (Å²) in [5.41, 5.74) is 13.0. The molecule has 0 saturated carbocycles. The largest absolute Gasteiger partial charge is 0.323 e. The molecule has 1 aromatic rings. The van der Waals surface area contributed by atoms with E-state index in [-0.39, 0.29) is 6.04 Å². The molecule has 16 heavy (non-hydrogen) atoms. The summed E-state index contributed by atoms with van der Waals surface area (Å²) in [6.07, 6.45) is 0. The average Bonchev–Trinajstić information content (AvgIpc) is 2.14. The Morgan fingerprint density at radius 2 is 1.50 bits per heavy atom. The fourth-order valence-electron chi connectivity index (χ4n) is 2.29. The Morgan fingerprint density at radius 3 is 1.88 bits per heavy atom. The molecule has 0 radical (unpaired) electrons. The Labute approximate surface area is 99.5 Å². The fraction of sp³-hybridized carbons (Fsp3) is 0.571. The van der Waals surface area contributed by atoms with Crippen LogP contribution in [-0.2, 0) is 0 Å². The van der Waals surface area contributed by atoms with Crippen LogP contribution in [0.3, 0.4) is 0 Å². The van der Waals surface area contributed by atoms with E-state index < -0.39 is 0 Å². The van der Waals surface area contributed by atoms with Gasteiger partial charge in [0.2, 0.25) is 0 Å². The predicted molar refractivity (Wildman–Crippen MR) is 70.9 cm³/mol. The highest BCUT2D eigenvalue weighted by atomic mass is 15.1. The Morgan fingerprint density at radius 1 is 1.06 bits per heavy atom. The quantitative estimate of drug-likeness (QED) is 0.848. The molecule has 0 amide bonds. The molecule has 2 nitrogen and oxygen atoms in total. The highest BCUT2D eigenvalue weighted by Crippen LogP contribution is 2.26. The molecule has 0 aliphatic carbocycles. The minimum absolute atomic E-state index is 0.105. The van der Waals surface area contributed by atoms with Gasteiger partial charge in [-0.15, -0.1) is 0 Å². The molecule has 0 aliphatic heterocycles. The molecular weight excluding hydrogens is 196 g/mol. The van der Waals surface area contributed by atoms with E-state index in [1.807, 2.05) is 0 Å². The van der Waals surface area contributed by atoms with E-state index in [4.69, 9.17) is 5.73 Å². The van der Waals surface area contributed by atoms with Crippen molar-refractivity contribution in [1.29, 1.82) is 0 Å². The van der Waals surface area contributed by atoms with Crippen molar-refractivity contribution in [3.8, 4) is 0 Å². The van der Waals surface area contributed by atoms with Crippen molar-refractivity contribution < 1.29 is 0 Å². The van der Waals surface area contributed by atoms with E-state index in [2.05, 4.69) is 52.8 Å². The third-order valence-electron chi connectivity index (χ3n) is 3.36.